The van der Waals surface area contributed by atoms with Crippen LogP contribution in [0, 0.1) is 0 Å². The fourth-order valence-corrected chi connectivity index (χ4v) is 4.34. The van der Waals surface area contributed by atoms with Crippen LogP contribution in [-0.4, -0.2) is 30.8 Å². The summed E-state index contributed by atoms with van der Waals surface area (Å²) < 4.78 is 36.9. The molecule has 0 unspecified atom stereocenters. The van der Waals surface area contributed by atoms with E-state index in [0.29, 0.717) is 5.56 Å². The van der Waals surface area contributed by atoms with Crippen LogP contribution in [0.3, 0.4) is 0 Å². The summed E-state index contributed by atoms with van der Waals surface area (Å²) in [5, 5.41) is 14.2. The third kappa shape index (κ3) is 3.45. The van der Waals surface area contributed by atoms with Crippen molar-refractivity contribution in [2.75, 3.05) is 7.11 Å². The quantitative estimate of drug-likeness (QED) is 0.533. The number of aromatic nitrogens is 2. The van der Waals surface area contributed by atoms with Gasteiger partial charge in [-0.15, -0.1) is 0 Å². The first-order valence-corrected chi connectivity index (χ1v) is 10.1. The van der Waals surface area contributed by atoms with Gasteiger partial charge in [-0.2, -0.15) is 4.98 Å². The summed E-state index contributed by atoms with van der Waals surface area (Å²) >= 11 is 0. The zero-order chi connectivity index (χ0) is 20.4. The number of hydrogen-bond donors (Lipinski definition) is 1. The van der Waals surface area contributed by atoms with Gasteiger partial charge in [0.2, 0.25) is 15.7 Å². The molecule has 0 spiro atoms. The molecule has 0 saturated heterocycles. The predicted molar refractivity (Wildman–Crippen MR) is 105 cm³/mol. The Bertz CT molecular complexity index is 1250. The van der Waals surface area contributed by atoms with Gasteiger partial charge >= 0.3 is 0 Å². The minimum absolute atomic E-state index is 0.0232. The van der Waals surface area contributed by atoms with Crippen LogP contribution in [-0.2, 0) is 9.84 Å². The normalized spacial score (nSPS) is 11.3. The Kier molecular flexibility index (Phi) is 4.77. The van der Waals surface area contributed by atoms with E-state index in [9.17, 15) is 13.5 Å². The number of methoxy groups -OCH3 is 1. The molecule has 0 radical (unpaired) electrons. The third-order valence-corrected chi connectivity index (χ3v) is 6.12. The van der Waals surface area contributed by atoms with Crippen LogP contribution < -0.4 is 4.74 Å². The number of benzene rings is 3. The Morgan fingerprint density at radius 1 is 0.966 bits per heavy atom. The van der Waals surface area contributed by atoms with Gasteiger partial charge in [-0.05, 0) is 30.3 Å². The average Bonchev–Trinajstić information content (AvgIpc) is 3.25. The van der Waals surface area contributed by atoms with Gasteiger partial charge in [-0.25, -0.2) is 8.42 Å². The highest BCUT2D eigenvalue weighted by Crippen LogP contribution is 2.39. The van der Waals surface area contributed by atoms with Gasteiger partial charge in [0.15, 0.2) is 11.5 Å². The second kappa shape index (κ2) is 7.40. The van der Waals surface area contributed by atoms with E-state index in [-0.39, 0.29) is 38.6 Å². The van der Waals surface area contributed by atoms with E-state index in [1.165, 1.54) is 31.4 Å². The molecule has 1 heterocycles. The van der Waals surface area contributed by atoms with Gasteiger partial charge in [-0.1, -0.05) is 41.6 Å². The number of sulfone groups is 1. The summed E-state index contributed by atoms with van der Waals surface area (Å²) in [5.41, 5.74) is 0.800. The topological polar surface area (TPSA) is 103 Å². The number of phenols is 1. The number of nitrogens with zero attached hydrogens (tertiary/aromatic N) is 2. The van der Waals surface area contributed by atoms with E-state index < -0.39 is 9.84 Å². The lowest BCUT2D eigenvalue weighted by Crippen LogP contribution is -2.05. The summed E-state index contributed by atoms with van der Waals surface area (Å²) in [7, 11) is -2.59. The van der Waals surface area contributed by atoms with Gasteiger partial charge in [0, 0.05) is 17.2 Å². The Morgan fingerprint density at radius 2 is 1.62 bits per heavy atom. The third-order valence-electron chi connectivity index (χ3n) is 4.31. The van der Waals surface area contributed by atoms with Crippen molar-refractivity contribution < 1.29 is 22.8 Å². The van der Waals surface area contributed by atoms with Crippen LogP contribution in [0.4, 0.5) is 0 Å². The molecular weight excluding hydrogens is 392 g/mol. The van der Waals surface area contributed by atoms with Gasteiger partial charge in [0.25, 0.3) is 5.89 Å². The minimum atomic E-state index is -3.94. The average molecular weight is 408 g/mol. The molecule has 0 saturated carbocycles. The van der Waals surface area contributed by atoms with E-state index in [2.05, 4.69) is 10.1 Å². The van der Waals surface area contributed by atoms with Crippen LogP contribution in [0.25, 0.3) is 22.8 Å². The number of ether oxygens (including phenoxy) is 1. The Morgan fingerprint density at radius 3 is 2.28 bits per heavy atom. The lowest BCUT2D eigenvalue weighted by Gasteiger charge is -2.12. The zero-order valence-corrected chi connectivity index (χ0v) is 16.1. The maximum atomic E-state index is 13.3. The highest BCUT2D eigenvalue weighted by molar-refractivity contribution is 7.91. The first-order chi connectivity index (χ1) is 14.0. The molecule has 0 fully saturated rings. The summed E-state index contributed by atoms with van der Waals surface area (Å²) in [6.45, 7) is 0. The van der Waals surface area contributed by atoms with E-state index in [0.717, 1.165) is 0 Å². The van der Waals surface area contributed by atoms with Gasteiger partial charge in [0.05, 0.1) is 16.9 Å². The van der Waals surface area contributed by atoms with E-state index in [1.807, 2.05) is 18.2 Å². The summed E-state index contributed by atoms with van der Waals surface area (Å²) in [5.74, 6) is 0.0610. The lowest BCUT2D eigenvalue weighted by atomic mass is 10.2. The van der Waals surface area contributed by atoms with Crippen molar-refractivity contribution in [3.8, 4) is 34.3 Å². The number of aromatic hydroxyl groups is 1. The molecule has 146 valence electrons. The molecule has 0 aliphatic carbocycles. The Hall–Kier alpha value is -3.65. The fourth-order valence-electron chi connectivity index (χ4n) is 2.87. The first kappa shape index (κ1) is 18.7. The van der Waals surface area contributed by atoms with Crippen molar-refractivity contribution in [1.29, 1.82) is 0 Å². The van der Waals surface area contributed by atoms with Crippen molar-refractivity contribution >= 4 is 9.84 Å². The fraction of sp³-hybridized carbons (Fsp3) is 0.0476. The minimum Gasteiger partial charge on any atom is -0.504 e. The molecule has 4 rings (SSSR count). The largest absolute Gasteiger partial charge is 0.504 e. The van der Waals surface area contributed by atoms with Gasteiger partial charge in [0.1, 0.15) is 0 Å². The van der Waals surface area contributed by atoms with Crippen molar-refractivity contribution in [3.63, 3.8) is 0 Å². The van der Waals surface area contributed by atoms with Crippen molar-refractivity contribution in [2.45, 2.75) is 9.79 Å². The maximum Gasteiger partial charge on any atom is 0.258 e. The number of rotatable bonds is 5. The summed E-state index contributed by atoms with van der Waals surface area (Å²) in [6, 6.07) is 19.6. The van der Waals surface area contributed by atoms with Crippen LogP contribution in [0.2, 0.25) is 0 Å². The van der Waals surface area contributed by atoms with E-state index >= 15 is 0 Å². The molecule has 0 aliphatic rings. The summed E-state index contributed by atoms with van der Waals surface area (Å²) in [4.78, 5) is 4.32. The molecule has 7 nitrogen and oxygen atoms in total. The highest BCUT2D eigenvalue weighted by Gasteiger charge is 2.27. The van der Waals surface area contributed by atoms with Crippen LogP contribution >= 0.6 is 0 Å². The monoisotopic (exact) mass is 408 g/mol. The standard InChI is InChI=1S/C21H16N2O5S/c1-27-18-13-19(29(25,26)15-10-6-3-7-11-15)16(12-17(18)24)20-22-21(28-23-20)14-8-4-2-5-9-14/h2-13,24H,1H3. The summed E-state index contributed by atoms with van der Waals surface area (Å²) in [6.07, 6.45) is 0. The highest BCUT2D eigenvalue weighted by atomic mass is 32.2. The van der Waals surface area contributed by atoms with Gasteiger partial charge < -0.3 is 14.4 Å². The van der Waals surface area contributed by atoms with Crippen molar-refractivity contribution in [3.05, 3.63) is 72.8 Å². The molecule has 1 aromatic heterocycles. The SMILES string of the molecule is COc1cc(S(=O)(=O)c2ccccc2)c(-c2noc(-c3ccccc3)n2)cc1O. The predicted octanol–water partition coefficient (Wildman–Crippen LogP) is 3.95. The van der Waals surface area contributed by atoms with Crippen LogP contribution in [0.15, 0.2) is 87.1 Å². The van der Waals surface area contributed by atoms with Gasteiger partial charge in [-0.3, -0.25) is 0 Å². The number of hydrogen-bond acceptors (Lipinski definition) is 7. The van der Waals surface area contributed by atoms with Crippen molar-refractivity contribution in [1.82, 2.24) is 10.1 Å². The molecular formula is C21H16N2O5S. The lowest BCUT2D eigenvalue weighted by molar-refractivity contribution is 0.372. The smallest absolute Gasteiger partial charge is 0.258 e. The van der Waals surface area contributed by atoms with E-state index in [1.54, 1.807) is 30.3 Å². The molecule has 0 amide bonds. The second-order valence-corrected chi connectivity index (χ2v) is 8.04. The van der Waals surface area contributed by atoms with Crippen LogP contribution in [0.1, 0.15) is 0 Å². The molecule has 0 aliphatic heterocycles. The van der Waals surface area contributed by atoms with E-state index in [4.69, 9.17) is 9.26 Å². The van der Waals surface area contributed by atoms with Crippen LogP contribution in [0.5, 0.6) is 11.5 Å². The maximum absolute atomic E-state index is 13.3. The Labute approximate surface area is 167 Å². The molecule has 0 atom stereocenters. The molecule has 0 bridgehead atoms. The number of phenolic OH excluding ortho intramolecular Hbond substituents is 1. The molecule has 3 aromatic carbocycles. The molecule has 8 heteroatoms. The second-order valence-electron chi connectivity index (χ2n) is 6.13. The molecule has 1 N–H and O–H groups in total. The molecule has 4 aromatic rings. The Balaban J connectivity index is 1.91. The van der Waals surface area contributed by atoms with Crippen molar-refractivity contribution in [2.24, 2.45) is 0 Å². The first-order valence-electron chi connectivity index (χ1n) is 8.61. The molecule has 29 heavy (non-hydrogen) atoms. The zero-order valence-electron chi connectivity index (χ0n) is 15.3.